The van der Waals surface area contributed by atoms with Crippen LogP contribution in [-0.2, 0) is 19.2 Å². The van der Waals surface area contributed by atoms with Gasteiger partial charge in [-0.05, 0) is 56.2 Å². The lowest BCUT2D eigenvalue weighted by Gasteiger charge is -2.10. The summed E-state index contributed by atoms with van der Waals surface area (Å²) in [4.78, 5) is 13.0. The number of rotatable bonds is 5. The van der Waals surface area contributed by atoms with Crippen LogP contribution in [0.1, 0.15) is 23.6 Å². The highest BCUT2D eigenvalue weighted by atomic mass is 32.2. The number of nitrogens with zero attached hydrogens (tertiary/aromatic N) is 1. The number of allylic oxidation sites excluding steroid dienone is 2. The average molecular weight is 414 g/mol. The number of hydrogen-bond donors (Lipinski definition) is 0. The largest absolute Gasteiger partial charge is 0.358 e. The molecule has 0 saturated heterocycles. The maximum atomic E-state index is 12.3. The van der Waals surface area contributed by atoms with Crippen LogP contribution in [0.25, 0.3) is 5.57 Å². The second kappa shape index (κ2) is 8.16. The molecule has 5 nitrogen and oxygen atoms in total. The lowest BCUT2D eigenvalue weighted by atomic mass is 9.97. The molecule has 1 heterocycles. The van der Waals surface area contributed by atoms with E-state index in [0.29, 0.717) is 15.5 Å². The SMILES string of the molecule is CC(=O)C(=C1C=CC(=NOS(=O)(=O)c2ccc(C)cc2)S1)c1ccccc1C. The molecule has 0 radical (unpaired) electrons. The Morgan fingerprint density at radius 3 is 2.32 bits per heavy atom. The molecule has 0 N–H and O–H groups in total. The Labute approximate surface area is 168 Å². The minimum Gasteiger partial charge on any atom is -0.294 e. The van der Waals surface area contributed by atoms with Gasteiger partial charge in [0.05, 0.1) is 0 Å². The van der Waals surface area contributed by atoms with Crippen molar-refractivity contribution < 1.29 is 17.5 Å². The van der Waals surface area contributed by atoms with Crippen molar-refractivity contribution in [3.05, 3.63) is 82.3 Å². The first-order valence-electron chi connectivity index (χ1n) is 8.53. The summed E-state index contributed by atoms with van der Waals surface area (Å²) in [6, 6.07) is 13.9. The van der Waals surface area contributed by atoms with E-state index in [9.17, 15) is 13.2 Å². The lowest BCUT2D eigenvalue weighted by Crippen LogP contribution is -2.03. The molecular weight excluding hydrogens is 394 g/mol. The summed E-state index contributed by atoms with van der Waals surface area (Å²) >= 11 is 1.20. The van der Waals surface area contributed by atoms with E-state index in [1.165, 1.54) is 30.8 Å². The number of carbonyl (C=O) groups is 1. The van der Waals surface area contributed by atoms with Crippen LogP contribution >= 0.6 is 11.8 Å². The number of ketones is 1. The molecule has 7 heteroatoms. The summed E-state index contributed by atoms with van der Waals surface area (Å²) in [6.07, 6.45) is 3.38. The summed E-state index contributed by atoms with van der Waals surface area (Å²) in [5, 5.41) is 4.12. The summed E-state index contributed by atoms with van der Waals surface area (Å²) in [7, 11) is -4.00. The van der Waals surface area contributed by atoms with Crippen LogP contribution < -0.4 is 0 Å². The van der Waals surface area contributed by atoms with Crippen LogP contribution in [0, 0.1) is 13.8 Å². The maximum Gasteiger partial charge on any atom is 0.358 e. The summed E-state index contributed by atoms with van der Waals surface area (Å²) in [5.74, 6) is -0.0732. The fourth-order valence-electron chi connectivity index (χ4n) is 2.69. The van der Waals surface area contributed by atoms with Crippen molar-refractivity contribution in [3.8, 4) is 0 Å². The third kappa shape index (κ3) is 4.43. The first-order chi connectivity index (χ1) is 13.3. The molecule has 0 aromatic heterocycles. The van der Waals surface area contributed by atoms with Crippen LogP contribution in [0.4, 0.5) is 0 Å². The quantitative estimate of drug-likeness (QED) is 0.528. The Morgan fingerprint density at radius 2 is 1.68 bits per heavy atom. The highest BCUT2D eigenvalue weighted by molar-refractivity contribution is 8.18. The van der Waals surface area contributed by atoms with Gasteiger partial charge >= 0.3 is 10.1 Å². The van der Waals surface area contributed by atoms with E-state index >= 15 is 0 Å². The molecule has 0 saturated carbocycles. The highest BCUT2D eigenvalue weighted by Gasteiger charge is 2.21. The Hall–Kier alpha value is -2.64. The molecule has 0 aliphatic carbocycles. The van der Waals surface area contributed by atoms with Gasteiger partial charge in [0, 0.05) is 10.5 Å². The third-order valence-corrected chi connectivity index (χ3v) is 6.24. The van der Waals surface area contributed by atoms with E-state index in [1.54, 1.807) is 24.3 Å². The second-order valence-corrected chi connectivity index (χ2v) is 8.91. The predicted octanol–water partition coefficient (Wildman–Crippen LogP) is 4.63. The normalized spacial score (nSPS) is 17.0. The fourth-order valence-corrected chi connectivity index (χ4v) is 4.40. The summed E-state index contributed by atoms with van der Waals surface area (Å²) < 4.78 is 29.4. The van der Waals surface area contributed by atoms with Crippen molar-refractivity contribution in [2.45, 2.75) is 25.7 Å². The topological polar surface area (TPSA) is 72.8 Å². The fraction of sp³-hybridized carbons (Fsp3) is 0.143. The predicted molar refractivity (Wildman–Crippen MR) is 112 cm³/mol. The molecular formula is C21H19NO4S2. The zero-order chi connectivity index (χ0) is 20.3. The van der Waals surface area contributed by atoms with Gasteiger partial charge in [-0.1, -0.05) is 58.9 Å². The van der Waals surface area contributed by atoms with Gasteiger partial charge in [-0.15, -0.1) is 0 Å². The highest BCUT2D eigenvalue weighted by Crippen LogP contribution is 2.35. The molecule has 144 valence electrons. The molecule has 2 aromatic rings. The molecule has 28 heavy (non-hydrogen) atoms. The molecule has 0 bridgehead atoms. The molecule has 0 unspecified atom stereocenters. The molecule has 2 aromatic carbocycles. The number of carbonyl (C=O) groups excluding carboxylic acids is 1. The second-order valence-electron chi connectivity index (χ2n) is 6.32. The molecule has 0 fully saturated rings. The Balaban J connectivity index is 1.85. The first-order valence-corrected chi connectivity index (χ1v) is 10.8. The van der Waals surface area contributed by atoms with Crippen LogP contribution in [0.15, 0.2) is 75.6 Å². The van der Waals surface area contributed by atoms with Crippen LogP contribution in [0.2, 0.25) is 0 Å². The van der Waals surface area contributed by atoms with E-state index in [4.69, 9.17) is 4.28 Å². The van der Waals surface area contributed by atoms with Crippen LogP contribution in [-0.4, -0.2) is 19.2 Å². The first kappa shape index (κ1) is 20.1. The van der Waals surface area contributed by atoms with Gasteiger partial charge in [-0.2, -0.15) is 8.42 Å². The van der Waals surface area contributed by atoms with Crippen molar-refractivity contribution >= 4 is 38.3 Å². The number of aryl methyl sites for hydroxylation is 2. The zero-order valence-electron chi connectivity index (χ0n) is 15.7. The van der Waals surface area contributed by atoms with Gasteiger partial charge in [-0.3, -0.25) is 9.08 Å². The Bertz CT molecular complexity index is 1110. The maximum absolute atomic E-state index is 12.3. The van der Waals surface area contributed by atoms with Gasteiger partial charge in [0.25, 0.3) is 0 Å². The standard InChI is InChI=1S/C21H19NO4S2/c1-14-8-10-17(11-9-14)28(24,25)26-22-20-13-12-19(27-20)21(16(3)23)18-7-5-4-6-15(18)2/h4-13H,1-3H3. The van der Waals surface area contributed by atoms with E-state index < -0.39 is 10.1 Å². The Morgan fingerprint density at radius 1 is 1.00 bits per heavy atom. The summed E-state index contributed by atoms with van der Waals surface area (Å²) in [6.45, 7) is 5.32. The number of thioether (sulfide) groups is 1. The number of benzene rings is 2. The van der Waals surface area contributed by atoms with Crippen molar-refractivity contribution in [1.82, 2.24) is 0 Å². The lowest BCUT2D eigenvalue weighted by molar-refractivity contribution is -0.111. The van der Waals surface area contributed by atoms with Gasteiger partial charge in [0.2, 0.25) is 0 Å². The van der Waals surface area contributed by atoms with Gasteiger partial charge in [0.15, 0.2) is 5.78 Å². The van der Waals surface area contributed by atoms with E-state index in [1.807, 2.05) is 38.1 Å². The summed E-state index contributed by atoms with van der Waals surface area (Å²) in [5.41, 5.74) is 3.35. The van der Waals surface area contributed by atoms with Crippen molar-refractivity contribution in [2.75, 3.05) is 0 Å². The molecule has 1 aliphatic rings. The van der Waals surface area contributed by atoms with E-state index in [-0.39, 0.29) is 10.7 Å². The average Bonchev–Trinajstić information content (AvgIpc) is 3.11. The zero-order valence-corrected chi connectivity index (χ0v) is 17.3. The molecule has 3 rings (SSSR count). The molecule has 0 amide bonds. The smallest absolute Gasteiger partial charge is 0.294 e. The van der Waals surface area contributed by atoms with E-state index in [2.05, 4.69) is 5.16 Å². The molecule has 0 atom stereocenters. The number of oxime groups is 1. The third-order valence-electron chi connectivity index (χ3n) is 4.14. The molecule has 1 aliphatic heterocycles. The van der Waals surface area contributed by atoms with Crippen LogP contribution in [0.5, 0.6) is 0 Å². The van der Waals surface area contributed by atoms with Gasteiger partial charge in [-0.25, -0.2) is 0 Å². The van der Waals surface area contributed by atoms with Crippen molar-refractivity contribution in [2.24, 2.45) is 5.16 Å². The monoisotopic (exact) mass is 413 g/mol. The van der Waals surface area contributed by atoms with Gasteiger partial charge in [0.1, 0.15) is 9.94 Å². The minimum absolute atomic E-state index is 0.0366. The number of hydrogen-bond acceptors (Lipinski definition) is 6. The van der Waals surface area contributed by atoms with E-state index in [0.717, 1.165) is 16.7 Å². The van der Waals surface area contributed by atoms with Crippen LogP contribution in [0.3, 0.4) is 0 Å². The van der Waals surface area contributed by atoms with Gasteiger partial charge < -0.3 is 0 Å². The number of Topliss-reactive ketones (excluding diaryl/α,β-unsaturated/α-hetero) is 1. The molecule has 0 spiro atoms. The van der Waals surface area contributed by atoms with Crippen molar-refractivity contribution in [1.29, 1.82) is 0 Å². The minimum atomic E-state index is -4.00. The Kier molecular flexibility index (Phi) is 5.86. The van der Waals surface area contributed by atoms with Crippen molar-refractivity contribution in [3.63, 3.8) is 0 Å².